The van der Waals surface area contributed by atoms with Crippen LogP contribution in [0.4, 0.5) is 0 Å². The molecule has 1 aromatic carbocycles. The first-order chi connectivity index (χ1) is 10.5. The fourth-order valence-electron chi connectivity index (χ4n) is 2.27. The molecule has 4 heteroatoms. The molecular weight excluding hydrogens is 324 g/mol. The molecule has 0 radical (unpaired) electrons. The zero-order chi connectivity index (χ0) is 17.8. The van der Waals surface area contributed by atoms with Crippen LogP contribution in [0.15, 0.2) is 17.0 Å². The molecule has 0 aliphatic carbocycles. The van der Waals surface area contributed by atoms with Crippen LogP contribution in [0.3, 0.4) is 0 Å². The zero-order valence-electron chi connectivity index (χ0n) is 15.4. The van der Waals surface area contributed by atoms with Crippen molar-refractivity contribution in [1.82, 2.24) is 0 Å². The second-order valence-electron chi connectivity index (χ2n) is 7.93. The largest absolute Gasteiger partial charge is 0.507 e. The molecule has 0 amide bonds. The van der Waals surface area contributed by atoms with E-state index in [-0.39, 0.29) is 16.1 Å². The predicted octanol–water partition coefficient (Wildman–Crippen LogP) is 5.40. The third kappa shape index (κ3) is 6.07. The smallest absolute Gasteiger partial charge is 0.132 e. The maximum Gasteiger partial charge on any atom is 0.132 e. The van der Waals surface area contributed by atoms with Gasteiger partial charge >= 0.3 is 0 Å². The highest BCUT2D eigenvalue weighted by atomic mass is 32.2. The number of aldehydes is 1. The van der Waals surface area contributed by atoms with Gasteiger partial charge in [-0.2, -0.15) is 11.8 Å². The highest BCUT2D eigenvalue weighted by Crippen LogP contribution is 2.41. The number of aromatic hydroxyl groups is 1. The summed E-state index contributed by atoms with van der Waals surface area (Å²) in [6.45, 7) is 14.7. The second kappa shape index (κ2) is 7.98. The van der Waals surface area contributed by atoms with Crippen LogP contribution >= 0.6 is 23.5 Å². The van der Waals surface area contributed by atoms with Gasteiger partial charge in [0, 0.05) is 27.5 Å². The van der Waals surface area contributed by atoms with Gasteiger partial charge in [-0.25, -0.2) is 0 Å². The van der Waals surface area contributed by atoms with Crippen molar-refractivity contribution < 1.29 is 9.90 Å². The number of phenols is 1. The van der Waals surface area contributed by atoms with Gasteiger partial charge in [-0.3, -0.25) is 0 Å². The minimum absolute atomic E-state index is 0.0608. The number of hydrogen-bond donors (Lipinski definition) is 1. The fourth-order valence-corrected chi connectivity index (χ4v) is 4.07. The summed E-state index contributed by atoms with van der Waals surface area (Å²) in [5.74, 6) is 2.33. The van der Waals surface area contributed by atoms with Crippen molar-refractivity contribution in [2.75, 3.05) is 11.5 Å². The van der Waals surface area contributed by atoms with Crippen LogP contribution in [-0.4, -0.2) is 28.1 Å². The van der Waals surface area contributed by atoms with Gasteiger partial charge in [0.15, 0.2) is 0 Å². The Hall–Kier alpha value is -0.610. The molecule has 0 aliphatic rings. The first-order valence-corrected chi connectivity index (χ1v) is 10.1. The molecule has 0 saturated carbocycles. The van der Waals surface area contributed by atoms with E-state index in [0.717, 1.165) is 28.9 Å². The summed E-state index contributed by atoms with van der Waals surface area (Å²) in [4.78, 5) is 11.9. The number of benzene rings is 1. The van der Waals surface area contributed by atoms with E-state index in [9.17, 15) is 9.90 Å². The maximum absolute atomic E-state index is 10.7. The Balaban J connectivity index is 3.02. The number of rotatable bonds is 6. The molecule has 0 bridgehead atoms. The minimum atomic E-state index is -0.0958. The highest BCUT2D eigenvalue weighted by Gasteiger charge is 2.26. The molecule has 0 heterocycles. The summed E-state index contributed by atoms with van der Waals surface area (Å²) >= 11 is 3.47. The average molecular weight is 355 g/mol. The van der Waals surface area contributed by atoms with Crippen molar-refractivity contribution in [2.45, 2.75) is 69.4 Å². The van der Waals surface area contributed by atoms with E-state index in [2.05, 4.69) is 53.7 Å². The first-order valence-electron chi connectivity index (χ1n) is 8.04. The molecule has 0 aliphatic heterocycles. The minimum Gasteiger partial charge on any atom is -0.507 e. The van der Waals surface area contributed by atoms with Gasteiger partial charge in [0.1, 0.15) is 12.0 Å². The van der Waals surface area contributed by atoms with E-state index in [4.69, 9.17) is 0 Å². The van der Waals surface area contributed by atoms with E-state index in [1.807, 2.05) is 6.92 Å². The van der Waals surface area contributed by atoms with Crippen LogP contribution in [0.25, 0.3) is 0 Å². The topological polar surface area (TPSA) is 37.3 Å². The van der Waals surface area contributed by atoms with Crippen LogP contribution in [0.1, 0.15) is 59.6 Å². The fraction of sp³-hybridized carbons (Fsp3) is 0.632. The van der Waals surface area contributed by atoms with Crippen molar-refractivity contribution in [1.29, 1.82) is 0 Å². The van der Waals surface area contributed by atoms with Crippen molar-refractivity contribution >= 4 is 29.8 Å². The zero-order valence-corrected chi connectivity index (χ0v) is 17.0. The van der Waals surface area contributed by atoms with Crippen LogP contribution in [0, 0.1) is 0 Å². The first kappa shape index (κ1) is 20.4. The maximum atomic E-state index is 10.7. The number of hydrogen-bond acceptors (Lipinski definition) is 4. The molecule has 1 N–H and O–H groups in total. The van der Waals surface area contributed by atoms with E-state index < -0.39 is 0 Å². The Labute approximate surface area is 149 Å². The molecule has 130 valence electrons. The van der Waals surface area contributed by atoms with Crippen molar-refractivity contribution in [3.8, 4) is 5.75 Å². The summed E-state index contributed by atoms with van der Waals surface area (Å²) in [7, 11) is 0. The second-order valence-corrected chi connectivity index (χ2v) is 10.6. The molecule has 0 saturated heterocycles. The summed E-state index contributed by atoms with van der Waals surface area (Å²) in [5, 5.41) is 10.8. The quantitative estimate of drug-likeness (QED) is 0.421. The van der Waals surface area contributed by atoms with E-state index in [1.54, 1.807) is 23.5 Å². The van der Waals surface area contributed by atoms with E-state index in [1.165, 1.54) is 4.90 Å². The highest BCUT2D eigenvalue weighted by molar-refractivity contribution is 8.03. The van der Waals surface area contributed by atoms with E-state index >= 15 is 0 Å². The Kier molecular flexibility index (Phi) is 7.09. The summed E-state index contributed by atoms with van der Waals surface area (Å²) in [6, 6.07) is 4.23. The number of carbonyl (C=O) groups is 1. The third-order valence-electron chi connectivity index (χ3n) is 3.62. The standard InChI is InChI=1S/C19H30O2S2/c1-13(12-20)22-8-9-23-14-10-15(18(2,3)4)17(21)16(11-14)19(5,6)7/h10-13,21H,8-9H2,1-7H3. The van der Waals surface area contributed by atoms with Gasteiger partial charge in [-0.1, -0.05) is 41.5 Å². The van der Waals surface area contributed by atoms with Crippen LogP contribution in [-0.2, 0) is 15.6 Å². The van der Waals surface area contributed by atoms with Gasteiger partial charge in [-0.15, -0.1) is 11.8 Å². The van der Waals surface area contributed by atoms with Gasteiger partial charge in [0.25, 0.3) is 0 Å². The lowest BCUT2D eigenvalue weighted by atomic mass is 9.79. The molecule has 0 fully saturated rings. The SMILES string of the molecule is CC(C=O)SCCSc1cc(C(C)(C)C)c(O)c(C(C)(C)C)c1. The van der Waals surface area contributed by atoms with Crippen LogP contribution in [0.5, 0.6) is 5.75 Å². The monoisotopic (exact) mass is 354 g/mol. The lowest BCUT2D eigenvalue weighted by Crippen LogP contribution is -2.17. The van der Waals surface area contributed by atoms with Gasteiger partial charge < -0.3 is 9.90 Å². The Morgan fingerprint density at radius 3 is 1.91 bits per heavy atom. The van der Waals surface area contributed by atoms with E-state index in [0.29, 0.717) is 5.75 Å². The molecule has 2 nitrogen and oxygen atoms in total. The van der Waals surface area contributed by atoms with Gasteiger partial charge in [0.2, 0.25) is 0 Å². The Morgan fingerprint density at radius 2 is 1.52 bits per heavy atom. The molecule has 1 unspecified atom stereocenters. The number of phenolic OH excluding ortho intramolecular Hbond substituents is 1. The molecule has 1 atom stereocenters. The normalized spacial score (nSPS) is 13.9. The van der Waals surface area contributed by atoms with Crippen LogP contribution in [0.2, 0.25) is 0 Å². The molecule has 0 spiro atoms. The summed E-state index contributed by atoms with van der Waals surface area (Å²) in [5.41, 5.74) is 1.81. The number of thioether (sulfide) groups is 2. The molecule has 23 heavy (non-hydrogen) atoms. The van der Waals surface area contributed by atoms with Crippen molar-refractivity contribution in [2.24, 2.45) is 0 Å². The lowest BCUT2D eigenvalue weighted by molar-refractivity contribution is -0.107. The molecular formula is C19H30O2S2. The van der Waals surface area contributed by atoms with Gasteiger partial charge in [-0.05, 0) is 29.9 Å². The van der Waals surface area contributed by atoms with Gasteiger partial charge in [0.05, 0.1) is 5.25 Å². The van der Waals surface area contributed by atoms with Crippen molar-refractivity contribution in [3.63, 3.8) is 0 Å². The van der Waals surface area contributed by atoms with Crippen LogP contribution < -0.4 is 0 Å². The Morgan fingerprint density at radius 1 is 1.04 bits per heavy atom. The molecule has 1 aromatic rings. The third-order valence-corrected chi connectivity index (χ3v) is 5.94. The number of carbonyl (C=O) groups excluding carboxylic acids is 1. The van der Waals surface area contributed by atoms with Crippen molar-refractivity contribution in [3.05, 3.63) is 23.3 Å². The molecule has 0 aromatic heterocycles. The predicted molar refractivity (Wildman–Crippen MR) is 104 cm³/mol. The lowest BCUT2D eigenvalue weighted by Gasteiger charge is -2.28. The Bertz CT molecular complexity index is 504. The average Bonchev–Trinajstić information content (AvgIpc) is 2.41. The summed E-state index contributed by atoms with van der Waals surface area (Å²) in [6.07, 6.45) is 0.991. The summed E-state index contributed by atoms with van der Waals surface area (Å²) < 4.78 is 0. The molecule has 1 rings (SSSR count).